The van der Waals surface area contributed by atoms with E-state index >= 15 is 0 Å². The van der Waals surface area contributed by atoms with Gasteiger partial charge in [-0.15, -0.1) is 11.3 Å². The molecule has 7 heteroatoms. The van der Waals surface area contributed by atoms with Crippen LogP contribution in [0.1, 0.15) is 20.8 Å². The van der Waals surface area contributed by atoms with Gasteiger partial charge in [-0.2, -0.15) is 0 Å². The number of benzene rings is 1. The van der Waals surface area contributed by atoms with Crippen LogP contribution in [-0.2, 0) is 17.9 Å². The molecular weight excluding hydrogens is 374 g/mol. The topological polar surface area (TPSA) is 71.5 Å². The van der Waals surface area contributed by atoms with E-state index in [1.807, 2.05) is 47.8 Å². The smallest absolute Gasteiger partial charge is 0.264 e. The Morgan fingerprint density at radius 2 is 1.93 bits per heavy atom. The predicted molar refractivity (Wildman–Crippen MR) is 108 cm³/mol. The van der Waals surface area contributed by atoms with Crippen LogP contribution in [0.5, 0.6) is 5.88 Å². The Balaban J connectivity index is 1.47. The summed E-state index contributed by atoms with van der Waals surface area (Å²) in [6, 6.07) is 17.0. The van der Waals surface area contributed by atoms with Crippen molar-refractivity contribution >= 4 is 23.2 Å². The number of pyridine rings is 1. The Morgan fingerprint density at radius 3 is 2.68 bits per heavy atom. The number of hydrogen-bond donors (Lipinski definition) is 1. The van der Waals surface area contributed by atoms with E-state index in [2.05, 4.69) is 10.3 Å². The van der Waals surface area contributed by atoms with Crippen LogP contribution in [0.2, 0.25) is 0 Å². The third-order valence-corrected chi connectivity index (χ3v) is 4.84. The maximum absolute atomic E-state index is 12.2. The average molecular weight is 395 g/mol. The zero-order valence-corrected chi connectivity index (χ0v) is 16.3. The van der Waals surface area contributed by atoms with Crippen molar-refractivity contribution in [1.29, 1.82) is 0 Å². The molecule has 0 fully saturated rings. The molecule has 1 aromatic carbocycles. The molecule has 1 N–H and O–H groups in total. The first-order valence-corrected chi connectivity index (χ1v) is 9.67. The van der Waals surface area contributed by atoms with Crippen LogP contribution in [0.3, 0.4) is 0 Å². The van der Waals surface area contributed by atoms with Crippen LogP contribution < -0.4 is 10.1 Å². The van der Waals surface area contributed by atoms with Crippen molar-refractivity contribution in [1.82, 2.24) is 15.2 Å². The van der Waals surface area contributed by atoms with Gasteiger partial charge in [0.25, 0.3) is 5.91 Å². The highest BCUT2D eigenvalue weighted by Crippen LogP contribution is 2.12. The molecule has 6 nitrogen and oxygen atoms in total. The molecule has 0 bridgehead atoms. The normalized spacial score (nSPS) is 10.3. The third-order valence-electron chi connectivity index (χ3n) is 3.98. The first kappa shape index (κ1) is 19.6. The quantitative estimate of drug-likeness (QED) is 0.636. The van der Waals surface area contributed by atoms with Gasteiger partial charge in [-0.25, -0.2) is 4.98 Å². The summed E-state index contributed by atoms with van der Waals surface area (Å²) in [6.07, 6.45) is 1.65. The van der Waals surface area contributed by atoms with E-state index < -0.39 is 0 Å². The number of rotatable bonds is 8. The molecule has 0 saturated carbocycles. The van der Waals surface area contributed by atoms with Gasteiger partial charge in [0.1, 0.15) is 6.61 Å². The van der Waals surface area contributed by atoms with Gasteiger partial charge < -0.3 is 15.0 Å². The second kappa shape index (κ2) is 9.66. The zero-order chi connectivity index (χ0) is 19.8. The summed E-state index contributed by atoms with van der Waals surface area (Å²) in [4.78, 5) is 30.5. The Morgan fingerprint density at radius 1 is 1.11 bits per heavy atom. The molecule has 2 aromatic heterocycles. The standard InChI is InChI=1S/C21H21N3O3S/c1-24(21(26)18-8-5-11-28-18)14-19(25)23-13-17-9-10-22-20(12-17)27-15-16-6-3-2-4-7-16/h2-12H,13-15H2,1H3,(H,23,25). The summed E-state index contributed by atoms with van der Waals surface area (Å²) in [5, 5.41) is 4.65. The predicted octanol–water partition coefficient (Wildman–Crippen LogP) is 3.11. The lowest BCUT2D eigenvalue weighted by atomic mass is 10.2. The molecule has 144 valence electrons. The number of nitrogens with one attached hydrogen (secondary N) is 1. The fourth-order valence-electron chi connectivity index (χ4n) is 2.50. The van der Waals surface area contributed by atoms with Gasteiger partial charge in [0.15, 0.2) is 0 Å². The second-order valence-electron chi connectivity index (χ2n) is 6.19. The molecule has 0 aliphatic heterocycles. The van der Waals surface area contributed by atoms with Gasteiger partial charge in [0.2, 0.25) is 11.8 Å². The number of nitrogens with zero attached hydrogens (tertiary/aromatic N) is 2. The van der Waals surface area contributed by atoms with Gasteiger partial charge in [-0.1, -0.05) is 36.4 Å². The number of amides is 2. The lowest BCUT2D eigenvalue weighted by Gasteiger charge is -2.16. The highest BCUT2D eigenvalue weighted by Gasteiger charge is 2.15. The molecule has 3 aromatic rings. The van der Waals surface area contributed by atoms with Crippen molar-refractivity contribution in [2.75, 3.05) is 13.6 Å². The Kier molecular flexibility index (Phi) is 6.75. The molecule has 2 amide bonds. The average Bonchev–Trinajstić information content (AvgIpc) is 3.26. The van der Waals surface area contributed by atoms with Crippen molar-refractivity contribution in [2.45, 2.75) is 13.2 Å². The van der Waals surface area contributed by atoms with E-state index in [0.29, 0.717) is 23.9 Å². The number of ether oxygens (including phenoxy) is 1. The molecular formula is C21H21N3O3S. The Labute approximate surface area is 167 Å². The molecule has 3 rings (SSSR count). The van der Waals surface area contributed by atoms with Crippen molar-refractivity contribution in [3.8, 4) is 5.88 Å². The molecule has 2 heterocycles. The van der Waals surface area contributed by atoms with Crippen LogP contribution in [0.15, 0.2) is 66.2 Å². The van der Waals surface area contributed by atoms with Crippen molar-refractivity contribution in [3.05, 3.63) is 82.2 Å². The van der Waals surface area contributed by atoms with Gasteiger partial charge in [0.05, 0.1) is 11.4 Å². The minimum Gasteiger partial charge on any atom is -0.473 e. The molecule has 0 atom stereocenters. The van der Waals surface area contributed by atoms with Crippen molar-refractivity contribution in [2.24, 2.45) is 0 Å². The number of thiophene rings is 1. The molecule has 0 saturated heterocycles. The molecule has 28 heavy (non-hydrogen) atoms. The van der Waals surface area contributed by atoms with E-state index in [0.717, 1.165) is 11.1 Å². The SMILES string of the molecule is CN(CC(=O)NCc1ccnc(OCc2ccccc2)c1)C(=O)c1cccs1. The highest BCUT2D eigenvalue weighted by atomic mass is 32.1. The molecule has 0 aliphatic carbocycles. The maximum atomic E-state index is 12.2. The lowest BCUT2D eigenvalue weighted by molar-refractivity contribution is -0.121. The minimum absolute atomic E-state index is 0.000812. The van der Waals surface area contributed by atoms with Crippen LogP contribution in [0.4, 0.5) is 0 Å². The van der Waals surface area contributed by atoms with Gasteiger partial charge >= 0.3 is 0 Å². The van der Waals surface area contributed by atoms with E-state index in [1.165, 1.54) is 16.2 Å². The van der Waals surface area contributed by atoms with Gasteiger partial charge in [0, 0.05) is 25.9 Å². The number of carbonyl (C=O) groups is 2. The van der Waals surface area contributed by atoms with Gasteiger partial charge in [-0.05, 0) is 28.6 Å². The van der Waals surface area contributed by atoms with Crippen LogP contribution in [0.25, 0.3) is 0 Å². The summed E-state index contributed by atoms with van der Waals surface area (Å²) in [5.74, 6) is 0.113. The first-order chi connectivity index (χ1) is 13.6. The number of carbonyl (C=O) groups excluding carboxylic acids is 2. The Hall–Kier alpha value is -3.19. The monoisotopic (exact) mass is 395 g/mol. The van der Waals surface area contributed by atoms with E-state index in [4.69, 9.17) is 4.74 Å². The van der Waals surface area contributed by atoms with E-state index in [-0.39, 0.29) is 18.4 Å². The molecule has 0 radical (unpaired) electrons. The number of aromatic nitrogens is 1. The van der Waals surface area contributed by atoms with E-state index in [1.54, 1.807) is 25.4 Å². The fourth-order valence-corrected chi connectivity index (χ4v) is 3.22. The van der Waals surface area contributed by atoms with Crippen LogP contribution in [-0.4, -0.2) is 35.3 Å². The third kappa shape index (κ3) is 5.65. The summed E-state index contributed by atoms with van der Waals surface area (Å²) in [7, 11) is 1.61. The highest BCUT2D eigenvalue weighted by molar-refractivity contribution is 7.12. The minimum atomic E-state index is -0.226. The number of likely N-dealkylation sites (N-methyl/N-ethyl adjacent to an activating group) is 1. The number of hydrogen-bond acceptors (Lipinski definition) is 5. The molecule has 0 unspecified atom stereocenters. The fraction of sp³-hybridized carbons (Fsp3) is 0.190. The first-order valence-electron chi connectivity index (χ1n) is 8.79. The lowest BCUT2D eigenvalue weighted by Crippen LogP contribution is -2.37. The van der Waals surface area contributed by atoms with Crippen LogP contribution >= 0.6 is 11.3 Å². The summed E-state index contributed by atoms with van der Waals surface area (Å²) in [5.41, 5.74) is 1.93. The summed E-state index contributed by atoms with van der Waals surface area (Å²) in [6.45, 7) is 0.766. The Bertz CT molecular complexity index is 914. The van der Waals surface area contributed by atoms with Crippen LogP contribution in [0, 0.1) is 0 Å². The summed E-state index contributed by atoms with van der Waals surface area (Å²) >= 11 is 1.36. The zero-order valence-electron chi connectivity index (χ0n) is 15.5. The second-order valence-corrected chi connectivity index (χ2v) is 7.14. The molecule has 0 aliphatic rings. The van der Waals surface area contributed by atoms with E-state index in [9.17, 15) is 9.59 Å². The van der Waals surface area contributed by atoms with Crippen molar-refractivity contribution < 1.29 is 14.3 Å². The summed E-state index contributed by atoms with van der Waals surface area (Å²) < 4.78 is 5.70. The maximum Gasteiger partial charge on any atom is 0.264 e. The largest absolute Gasteiger partial charge is 0.473 e. The van der Waals surface area contributed by atoms with Gasteiger partial charge in [-0.3, -0.25) is 9.59 Å². The van der Waals surface area contributed by atoms with Crippen molar-refractivity contribution in [3.63, 3.8) is 0 Å². The molecule has 0 spiro atoms.